The number of H-pyrrole nitrogens is 1. The molecule has 1 heterocycles. The molecule has 0 saturated heterocycles. The Morgan fingerprint density at radius 3 is 2.28 bits per heavy atom. The van der Waals surface area contributed by atoms with Crippen LogP contribution in [0.15, 0.2) is 71.6 Å². The molecule has 0 spiro atoms. The third kappa shape index (κ3) is 5.06. The maximum atomic E-state index is 11.7. The lowest BCUT2D eigenvalue weighted by Crippen LogP contribution is -2.10. The molecule has 0 aliphatic heterocycles. The van der Waals surface area contributed by atoms with Crippen LogP contribution in [0.5, 0.6) is 0 Å². The predicted molar refractivity (Wildman–Crippen MR) is 128 cm³/mol. The number of anilines is 1. The highest BCUT2D eigenvalue weighted by Crippen LogP contribution is 2.30. The number of hydrogen-bond acceptors (Lipinski definition) is 5. The highest BCUT2D eigenvalue weighted by molar-refractivity contribution is 7.92. The number of aromatic nitrogens is 2. The molecule has 1 aromatic heterocycles. The van der Waals surface area contributed by atoms with E-state index in [4.69, 9.17) is 0 Å². The highest BCUT2D eigenvalue weighted by atomic mass is 32.2. The van der Waals surface area contributed by atoms with Gasteiger partial charge in [0.1, 0.15) is 5.82 Å². The predicted octanol–water partition coefficient (Wildman–Crippen LogP) is 4.18. The first-order valence-corrected chi connectivity index (χ1v) is 13.4. The summed E-state index contributed by atoms with van der Waals surface area (Å²) < 4.78 is 49.1. The zero-order valence-electron chi connectivity index (χ0n) is 17.4. The van der Waals surface area contributed by atoms with E-state index < -0.39 is 19.9 Å². The fourth-order valence-electron chi connectivity index (χ4n) is 3.30. The van der Waals surface area contributed by atoms with Crippen LogP contribution in [0, 0.1) is 0 Å². The van der Waals surface area contributed by atoms with Gasteiger partial charge in [-0.2, -0.15) is 0 Å². The maximum Gasteiger partial charge on any atom is 0.229 e. The van der Waals surface area contributed by atoms with Crippen molar-refractivity contribution in [3.8, 4) is 11.1 Å². The van der Waals surface area contributed by atoms with Crippen molar-refractivity contribution in [2.24, 2.45) is 0 Å². The van der Waals surface area contributed by atoms with E-state index in [1.165, 1.54) is 6.26 Å². The van der Waals surface area contributed by atoms with E-state index in [2.05, 4.69) is 14.7 Å². The van der Waals surface area contributed by atoms with Gasteiger partial charge in [0.05, 0.1) is 27.9 Å². The Bertz CT molecular complexity index is 1540. The number of nitrogens with one attached hydrogen (secondary N) is 2. The lowest BCUT2D eigenvalue weighted by molar-refractivity contribution is 0.601. The number of rotatable bonds is 6. The van der Waals surface area contributed by atoms with Crippen LogP contribution in [0.3, 0.4) is 0 Å². The van der Waals surface area contributed by atoms with Crippen molar-refractivity contribution >= 4 is 48.7 Å². The van der Waals surface area contributed by atoms with Crippen molar-refractivity contribution in [1.29, 1.82) is 0 Å². The monoisotopic (exact) mass is 467 g/mol. The lowest BCUT2D eigenvalue weighted by Gasteiger charge is -2.10. The SMILES string of the molecule is CS(=O)(=O)Nc1ccccc1-c1ccc2nc(/C=C/c3ccc(S(C)(=O)=O)cc3)[nH]c2c1. The van der Waals surface area contributed by atoms with E-state index in [1.807, 2.05) is 42.5 Å². The Balaban J connectivity index is 1.62. The number of sulfonamides is 1. The smallest absolute Gasteiger partial charge is 0.229 e. The van der Waals surface area contributed by atoms with Gasteiger partial charge in [-0.3, -0.25) is 4.72 Å². The molecule has 164 valence electrons. The van der Waals surface area contributed by atoms with Gasteiger partial charge in [0, 0.05) is 11.8 Å². The second-order valence-electron chi connectivity index (χ2n) is 7.45. The fourth-order valence-corrected chi connectivity index (χ4v) is 4.51. The largest absolute Gasteiger partial charge is 0.338 e. The molecule has 0 fully saturated rings. The van der Waals surface area contributed by atoms with Gasteiger partial charge in [0.2, 0.25) is 10.0 Å². The first-order valence-electron chi connectivity index (χ1n) is 9.64. The molecule has 9 heteroatoms. The number of hydrogen-bond donors (Lipinski definition) is 2. The van der Waals surface area contributed by atoms with E-state index in [9.17, 15) is 16.8 Å². The second kappa shape index (κ2) is 8.25. The summed E-state index contributed by atoms with van der Waals surface area (Å²) in [6.45, 7) is 0. The molecule has 2 N–H and O–H groups in total. The Morgan fingerprint density at radius 2 is 1.59 bits per heavy atom. The molecule has 0 amide bonds. The minimum atomic E-state index is -3.40. The zero-order chi connectivity index (χ0) is 22.9. The molecular weight excluding hydrogens is 446 g/mol. The Hall–Kier alpha value is -3.43. The van der Waals surface area contributed by atoms with E-state index in [1.54, 1.807) is 36.4 Å². The topological polar surface area (TPSA) is 109 Å². The second-order valence-corrected chi connectivity index (χ2v) is 11.2. The molecule has 0 unspecified atom stereocenters. The zero-order valence-corrected chi connectivity index (χ0v) is 19.0. The summed E-state index contributed by atoms with van der Waals surface area (Å²) in [5.74, 6) is 0.645. The van der Waals surface area contributed by atoms with Crippen LogP contribution in [0.1, 0.15) is 11.4 Å². The van der Waals surface area contributed by atoms with Crippen molar-refractivity contribution in [2.75, 3.05) is 17.2 Å². The molecule has 0 aliphatic rings. The summed E-state index contributed by atoms with van der Waals surface area (Å²) in [5, 5.41) is 0. The van der Waals surface area contributed by atoms with E-state index in [0.717, 1.165) is 34.0 Å². The van der Waals surface area contributed by atoms with Gasteiger partial charge in [-0.15, -0.1) is 0 Å². The van der Waals surface area contributed by atoms with Crippen LogP contribution in [-0.4, -0.2) is 39.3 Å². The van der Waals surface area contributed by atoms with E-state index in [-0.39, 0.29) is 4.90 Å². The molecule has 7 nitrogen and oxygen atoms in total. The standard InChI is InChI=1S/C23H21N3O4S2/c1-31(27,28)18-11-7-16(8-12-18)9-14-23-24-21-13-10-17(15-22(21)25-23)19-5-3-4-6-20(19)26-32(2,29)30/h3-15,26H,1-2H3,(H,24,25)/b14-9+. The Morgan fingerprint density at radius 1 is 0.875 bits per heavy atom. The van der Waals surface area contributed by atoms with Gasteiger partial charge in [-0.05, 0) is 47.5 Å². The van der Waals surface area contributed by atoms with Crippen molar-refractivity contribution < 1.29 is 16.8 Å². The van der Waals surface area contributed by atoms with Gasteiger partial charge in [0.25, 0.3) is 0 Å². The molecule has 32 heavy (non-hydrogen) atoms. The van der Waals surface area contributed by atoms with Crippen LogP contribution in [0.4, 0.5) is 5.69 Å². The van der Waals surface area contributed by atoms with E-state index in [0.29, 0.717) is 11.5 Å². The number of imidazole rings is 1. The molecule has 0 saturated carbocycles. The summed E-state index contributed by atoms with van der Waals surface area (Å²) in [4.78, 5) is 8.07. The molecule has 0 bridgehead atoms. The third-order valence-corrected chi connectivity index (χ3v) is 6.49. The van der Waals surface area contributed by atoms with Gasteiger partial charge in [0.15, 0.2) is 9.84 Å². The average molecular weight is 468 g/mol. The Labute approximate surface area is 186 Å². The van der Waals surface area contributed by atoms with Crippen LogP contribution in [0.2, 0.25) is 0 Å². The van der Waals surface area contributed by atoms with Crippen LogP contribution in [0.25, 0.3) is 34.3 Å². The number of nitrogens with zero attached hydrogens (tertiary/aromatic N) is 1. The molecule has 0 aliphatic carbocycles. The minimum Gasteiger partial charge on any atom is -0.338 e. The first kappa shape index (κ1) is 21.8. The van der Waals surface area contributed by atoms with Crippen molar-refractivity contribution in [2.45, 2.75) is 4.90 Å². The first-order chi connectivity index (χ1) is 15.1. The lowest BCUT2D eigenvalue weighted by atomic mass is 10.0. The third-order valence-electron chi connectivity index (χ3n) is 4.78. The van der Waals surface area contributed by atoms with Crippen molar-refractivity contribution in [3.05, 3.63) is 78.1 Å². The van der Waals surface area contributed by atoms with Crippen molar-refractivity contribution in [1.82, 2.24) is 9.97 Å². The summed E-state index contributed by atoms with van der Waals surface area (Å²) in [5.41, 5.74) is 4.54. The molecule has 0 radical (unpaired) electrons. The van der Waals surface area contributed by atoms with E-state index >= 15 is 0 Å². The fraction of sp³-hybridized carbons (Fsp3) is 0.0870. The van der Waals surface area contributed by atoms with Gasteiger partial charge in [-0.1, -0.05) is 42.5 Å². The molecule has 4 aromatic rings. The van der Waals surface area contributed by atoms with Gasteiger partial charge in [-0.25, -0.2) is 21.8 Å². The normalized spacial score (nSPS) is 12.4. The number of para-hydroxylation sites is 1. The van der Waals surface area contributed by atoms with Crippen LogP contribution < -0.4 is 4.72 Å². The van der Waals surface area contributed by atoms with Crippen LogP contribution >= 0.6 is 0 Å². The summed E-state index contributed by atoms with van der Waals surface area (Å²) in [7, 11) is -6.63. The number of aromatic amines is 1. The summed E-state index contributed by atoms with van der Waals surface area (Å²) in [6.07, 6.45) is 5.95. The molecule has 0 atom stereocenters. The van der Waals surface area contributed by atoms with Crippen molar-refractivity contribution in [3.63, 3.8) is 0 Å². The van der Waals surface area contributed by atoms with Crippen LogP contribution in [-0.2, 0) is 19.9 Å². The summed E-state index contributed by atoms with van der Waals surface area (Å²) in [6, 6.07) is 19.5. The molecule has 3 aromatic carbocycles. The highest BCUT2D eigenvalue weighted by Gasteiger charge is 2.10. The Kier molecular flexibility index (Phi) is 5.62. The quantitative estimate of drug-likeness (QED) is 0.442. The summed E-state index contributed by atoms with van der Waals surface area (Å²) >= 11 is 0. The molecular formula is C23H21N3O4S2. The number of sulfone groups is 1. The molecule has 4 rings (SSSR count). The maximum absolute atomic E-state index is 11.7. The number of fused-ring (bicyclic) bond motifs is 1. The average Bonchev–Trinajstić information content (AvgIpc) is 3.13. The number of benzene rings is 3. The minimum absolute atomic E-state index is 0.275. The van der Waals surface area contributed by atoms with Gasteiger partial charge < -0.3 is 4.98 Å². The van der Waals surface area contributed by atoms with Gasteiger partial charge >= 0.3 is 0 Å².